The fourth-order valence-electron chi connectivity index (χ4n) is 2.08. The summed E-state index contributed by atoms with van der Waals surface area (Å²) in [5.74, 6) is -0.572. The van der Waals surface area contributed by atoms with Crippen molar-refractivity contribution in [3.8, 4) is 11.8 Å². The minimum atomic E-state index is -3.84. The van der Waals surface area contributed by atoms with Gasteiger partial charge in [-0.05, 0) is 26.0 Å². The van der Waals surface area contributed by atoms with Gasteiger partial charge in [0.05, 0.1) is 29.6 Å². The molecule has 0 radical (unpaired) electrons. The second-order valence-corrected chi connectivity index (χ2v) is 6.76. The largest absolute Gasteiger partial charge is 0.421 e. The number of hydrogen-bond acceptors (Lipinski definition) is 6. The molecule has 0 aliphatic carbocycles. The van der Waals surface area contributed by atoms with Gasteiger partial charge in [0.15, 0.2) is 16.6 Å². The number of anilines is 1. The molecule has 8 nitrogen and oxygen atoms in total. The number of halogens is 1. The van der Waals surface area contributed by atoms with Crippen LogP contribution in [0.1, 0.15) is 11.4 Å². The second kappa shape index (κ2) is 6.48. The molecule has 2 aromatic heterocycles. The molecule has 0 atom stereocenters. The number of nitrogens with zero attached hydrogens (tertiary/aromatic N) is 3. The molecule has 10 heteroatoms. The van der Waals surface area contributed by atoms with E-state index in [-0.39, 0.29) is 22.5 Å². The zero-order chi connectivity index (χ0) is 18.0. The van der Waals surface area contributed by atoms with Gasteiger partial charge in [-0.3, -0.25) is 4.72 Å². The van der Waals surface area contributed by atoms with Gasteiger partial charge >= 0.3 is 6.01 Å². The van der Waals surface area contributed by atoms with Crippen LogP contribution < -0.4 is 9.46 Å². The lowest BCUT2D eigenvalue weighted by Gasteiger charge is -2.13. The number of nitrogens with one attached hydrogen (secondary N) is 2. The van der Waals surface area contributed by atoms with E-state index in [1.807, 2.05) is 0 Å². The van der Waals surface area contributed by atoms with Crippen LogP contribution in [-0.2, 0) is 10.0 Å². The third-order valence-electron chi connectivity index (χ3n) is 3.29. The van der Waals surface area contributed by atoms with E-state index in [2.05, 4.69) is 24.7 Å². The maximum absolute atomic E-state index is 13.7. The van der Waals surface area contributed by atoms with Gasteiger partial charge in [0.1, 0.15) is 0 Å². The summed E-state index contributed by atoms with van der Waals surface area (Å²) >= 11 is 0. The lowest BCUT2D eigenvalue weighted by atomic mass is 10.3. The van der Waals surface area contributed by atoms with E-state index >= 15 is 0 Å². The van der Waals surface area contributed by atoms with Crippen LogP contribution in [0, 0.1) is 19.7 Å². The van der Waals surface area contributed by atoms with Crippen LogP contribution in [0.3, 0.4) is 0 Å². The number of benzene rings is 1. The molecule has 0 fully saturated rings. The smallest absolute Gasteiger partial charge is 0.322 e. The Hall–Kier alpha value is -3.01. The van der Waals surface area contributed by atoms with Gasteiger partial charge in [-0.25, -0.2) is 9.37 Å². The molecular formula is C15H14FN5O3S. The molecule has 0 spiro atoms. The van der Waals surface area contributed by atoms with E-state index in [4.69, 9.17) is 4.74 Å². The van der Waals surface area contributed by atoms with Crippen LogP contribution in [0.2, 0.25) is 0 Å². The van der Waals surface area contributed by atoms with Gasteiger partial charge in [-0.1, -0.05) is 12.1 Å². The Morgan fingerprint density at radius 3 is 2.44 bits per heavy atom. The summed E-state index contributed by atoms with van der Waals surface area (Å²) in [7, 11) is -3.84. The highest BCUT2D eigenvalue weighted by Crippen LogP contribution is 2.26. The van der Waals surface area contributed by atoms with Crippen LogP contribution in [0.15, 0.2) is 41.8 Å². The van der Waals surface area contributed by atoms with Crippen molar-refractivity contribution in [3.05, 3.63) is 54.0 Å². The lowest BCUT2D eigenvalue weighted by molar-refractivity contribution is 0.409. The number of aromatic nitrogens is 4. The second-order valence-electron chi connectivity index (χ2n) is 5.11. The maximum atomic E-state index is 13.7. The zero-order valence-corrected chi connectivity index (χ0v) is 14.1. The summed E-state index contributed by atoms with van der Waals surface area (Å²) in [6.07, 6.45) is 2.44. The quantitative estimate of drug-likeness (QED) is 0.721. The van der Waals surface area contributed by atoms with Gasteiger partial charge in [0.2, 0.25) is 0 Å². The average molecular weight is 363 g/mol. The normalized spacial score (nSPS) is 11.3. The zero-order valence-electron chi connectivity index (χ0n) is 13.3. The van der Waals surface area contributed by atoms with Crippen molar-refractivity contribution in [3.63, 3.8) is 0 Å². The van der Waals surface area contributed by atoms with E-state index in [0.717, 1.165) is 0 Å². The standard InChI is InChI=1S/C15H14FN5O3S/c1-9-14(21-25(22,23)13-7-17-8-18-13)10(2)20-15(19-9)24-12-6-4-3-5-11(12)16/h3-8,21H,1-2H3,(H,17,18). The number of aromatic amines is 1. The molecule has 0 saturated heterocycles. The molecular weight excluding hydrogens is 349 g/mol. The van der Waals surface area contributed by atoms with E-state index in [9.17, 15) is 12.8 Å². The molecule has 0 aliphatic heterocycles. The molecule has 0 aliphatic rings. The Morgan fingerprint density at radius 2 is 1.84 bits per heavy atom. The molecule has 3 aromatic rings. The molecule has 130 valence electrons. The predicted molar refractivity (Wildman–Crippen MR) is 87.4 cm³/mol. The van der Waals surface area contributed by atoms with E-state index in [1.165, 1.54) is 30.7 Å². The summed E-state index contributed by atoms with van der Waals surface area (Å²) in [6, 6.07) is 5.77. The van der Waals surface area contributed by atoms with Crippen molar-refractivity contribution in [2.75, 3.05) is 4.72 Å². The third-order valence-corrected chi connectivity index (χ3v) is 4.56. The first-order valence-electron chi connectivity index (χ1n) is 7.15. The van der Waals surface area contributed by atoms with Crippen LogP contribution >= 0.6 is 0 Å². The van der Waals surface area contributed by atoms with E-state index < -0.39 is 15.8 Å². The molecule has 0 saturated carbocycles. The van der Waals surface area contributed by atoms with Gasteiger partial charge in [0, 0.05) is 0 Å². The van der Waals surface area contributed by atoms with Gasteiger partial charge in [0.25, 0.3) is 10.0 Å². The fraction of sp³-hybridized carbons (Fsp3) is 0.133. The first-order valence-corrected chi connectivity index (χ1v) is 8.64. The van der Waals surface area contributed by atoms with Crippen molar-refractivity contribution in [1.82, 2.24) is 19.9 Å². The van der Waals surface area contributed by atoms with Crippen molar-refractivity contribution in [2.24, 2.45) is 0 Å². The Bertz CT molecular complexity index is 983. The van der Waals surface area contributed by atoms with Gasteiger partial charge < -0.3 is 9.72 Å². The van der Waals surface area contributed by atoms with Crippen LogP contribution in [0.25, 0.3) is 0 Å². The molecule has 25 heavy (non-hydrogen) atoms. The number of hydrogen-bond donors (Lipinski definition) is 2. The number of ether oxygens (including phenoxy) is 1. The van der Waals surface area contributed by atoms with E-state index in [0.29, 0.717) is 11.4 Å². The molecule has 0 bridgehead atoms. The van der Waals surface area contributed by atoms with Gasteiger partial charge in [-0.2, -0.15) is 18.4 Å². The number of para-hydroxylation sites is 1. The molecule has 0 amide bonds. The maximum Gasteiger partial charge on any atom is 0.322 e. The Morgan fingerprint density at radius 1 is 1.16 bits per heavy atom. The number of rotatable bonds is 5. The monoisotopic (exact) mass is 363 g/mol. The number of aryl methyl sites for hydroxylation is 2. The van der Waals surface area contributed by atoms with Crippen LogP contribution in [0.4, 0.5) is 10.1 Å². The average Bonchev–Trinajstić information content (AvgIpc) is 3.09. The highest BCUT2D eigenvalue weighted by Gasteiger charge is 2.20. The highest BCUT2D eigenvalue weighted by molar-refractivity contribution is 7.92. The fourth-order valence-corrected chi connectivity index (χ4v) is 3.17. The number of H-pyrrole nitrogens is 1. The minimum Gasteiger partial charge on any atom is -0.421 e. The van der Waals surface area contributed by atoms with Crippen LogP contribution in [0.5, 0.6) is 11.8 Å². The first kappa shape index (κ1) is 16.8. The van der Waals surface area contributed by atoms with Crippen LogP contribution in [-0.4, -0.2) is 28.4 Å². The highest BCUT2D eigenvalue weighted by atomic mass is 32.2. The Balaban J connectivity index is 1.90. The Labute approximate surface area is 143 Å². The number of imidazole rings is 1. The third kappa shape index (κ3) is 3.58. The molecule has 2 heterocycles. The first-order chi connectivity index (χ1) is 11.9. The number of sulfonamides is 1. The summed E-state index contributed by atoms with van der Waals surface area (Å²) < 4.78 is 45.9. The summed E-state index contributed by atoms with van der Waals surface area (Å²) in [5, 5.41) is -0.0852. The lowest BCUT2D eigenvalue weighted by Crippen LogP contribution is -2.16. The van der Waals surface area contributed by atoms with Crippen molar-refractivity contribution < 1.29 is 17.5 Å². The molecule has 3 rings (SSSR count). The Kier molecular flexibility index (Phi) is 4.36. The van der Waals surface area contributed by atoms with Gasteiger partial charge in [-0.15, -0.1) is 0 Å². The summed E-state index contributed by atoms with van der Waals surface area (Å²) in [6.45, 7) is 3.18. The minimum absolute atomic E-state index is 0.0212. The molecule has 0 unspecified atom stereocenters. The topological polar surface area (TPSA) is 110 Å². The SMILES string of the molecule is Cc1nc(Oc2ccccc2F)nc(C)c1NS(=O)(=O)c1cnc[nH]1. The van der Waals surface area contributed by atoms with Crippen molar-refractivity contribution in [2.45, 2.75) is 18.9 Å². The molecule has 2 N–H and O–H groups in total. The van der Waals surface area contributed by atoms with Crippen molar-refractivity contribution in [1.29, 1.82) is 0 Å². The van der Waals surface area contributed by atoms with E-state index in [1.54, 1.807) is 19.9 Å². The predicted octanol–water partition coefficient (Wildman–Crippen LogP) is 2.55. The molecule has 1 aromatic carbocycles. The summed E-state index contributed by atoms with van der Waals surface area (Å²) in [4.78, 5) is 14.4. The summed E-state index contributed by atoms with van der Waals surface area (Å²) in [5.41, 5.74) is 0.888. The van der Waals surface area contributed by atoms with Crippen molar-refractivity contribution >= 4 is 15.7 Å².